The van der Waals surface area contributed by atoms with E-state index in [1.807, 2.05) is 0 Å². The van der Waals surface area contributed by atoms with Crippen LogP contribution in [-0.4, -0.2) is 38.3 Å². The van der Waals surface area contributed by atoms with Gasteiger partial charge in [0.1, 0.15) is 0 Å². The van der Waals surface area contributed by atoms with Crippen LogP contribution in [-0.2, 0) is 4.74 Å². The molecular formula is C11H24IN3O. The molecule has 0 aromatic heterocycles. The summed E-state index contributed by atoms with van der Waals surface area (Å²) in [6, 6.07) is 0. The summed E-state index contributed by atoms with van der Waals surface area (Å²) in [5, 5.41) is 6.65. The Morgan fingerprint density at radius 1 is 1.38 bits per heavy atom. The fourth-order valence-corrected chi connectivity index (χ4v) is 1.38. The number of nitrogens with zero attached hydrogens (tertiary/aromatic N) is 1. The molecule has 0 saturated carbocycles. The Morgan fingerprint density at radius 3 is 2.25 bits per heavy atom. The number of hydrogen-bond donors (Lipinski definition) is 2. The van der Waals surface area contributed by atoms with E-state index in [4.69, 9.17) is 4.74 Å². The van der Waals surface area contributed by atoms with Crippen molar-refractivity contribution in [2.75, 3.05) is 26.8 Å². The molecular weight excluding hydrogens is 317 g/mol. The van der Waals surface area contributed by atoms with Gasteiger partial charge in [-0.1, -0.05) is 6.92 Å². The molecule has 0 aromatic rings. The average Bonchev–Trinajstić information content (AvgIpc) is 2.07. The molecule has 1 rings (SSSR count). The zero-order chi connectivity index (χ0) is 11.5. The second-order valence-corrected chi connectivity index (χ2v) is 5.60. The van der Waals surface area contributed by atoms with Crippen LogP contribution in [0.3, 0.4) is 0 Å². The van der Waals surface area contributed by atoms with Crippen LogP contribution in [0.25, 0.3) is 0 Å². The zero-order valence-electron chi connectivity index (χ0n) is 10.9. The van der Waals surface area contributed by atoms with Gasteiger partial charge in [0.25, 0.3) is 0 Å². The second kappa shape index (κ2) is 6.05. The third kappa shape index (κ3) is 5.34. The molecule has 16 heavy (non-hydrogen) atoms. The Bertz CT molecular complexity index is 244. The standard InChI is InChI=1S/C11H23N3O.HI/c1-10(2,3)14-9(12-5)13-6-11(4)7-15-8-11;/h6-8H2,1-5H3,(H2,12,13,14);1H. The third-order valence-corrected chi connectivity index (χ3v) is 2.30. The lowest BCUT2D eigenvalue weighted by Gasteiger charge is -2.38. The first kappa shape index (κ1) is 16.0. The van der Waals surface area contributed by atoms with Crippen molar-refractivity contribution in [3.05, 3.63) is 0 Å². The normalized spacial score (nSPS) is 19.4. The van der Waals surface area contributed by atoms with Crippen molar-refractivity contribution in [2.45, 2.75) is 33.2 Å². The summed E-state index contributed by atoms with van der Waals surface area (Å²) >= 11 is 0. The number of rotatable bonds is 2. The van der Waals surface area contributed by atoms with E-state index in [-0.39, 0.29) is 34.9 Å². The second-order valence-electron chi connectivity index (χ2n) is 5.60. The number of hydrogen-bond acceptors (Lipinski definition) is 2. The molecule has 0 atom stereocenters. The molecule has 0 spiro atoms. The molecule has 0 bridgehead atoms. The monoisotopic (exact) mass is 341 g/mol. The predicted molar refractivity (Wildman–Crippen MR) is 78.6 cm³/mol. The van der Waals surface area contributed by atoms with Crippen molar-refractivity contribution in [1.29, 1.82) is 0 Å². The van der Waals surface area contributed by atoms with Crippen molar-refractivity contribution in [3.8, 4) is 0 Å². The lowest BCUT2D eigenvalue weighted by Crippen LogP contribution is -2.53. The Balaban J connectivity index is 0.00000225. The Hall–Kier alpha value is -0.0400. The molecule has 2 N–H and O–H groups in total. The molecule has 1 saturated heterocycles. The first-order valence-corrected chi connectivity index (χ1v) is 5.41. The van der Waals surface area contributed by atoms with Gasteiger partial charge in [0.05, 0.1) is 13.2 Å². The number of aliphatic imine (C=N–C) groups is 1. The fraction of sp³-hybridized carbons (Fsp3) is 0.909. The van der Waals surface area contributed by atoms with Gasteiger partial charge in [0.2, 0.25) is 0 Å². The molecule has 0 aromatic carbocycles. The highest BCUT2D eigenvalue weighted by Gasteiger charge is 2.33. The summed E-state index contributed by atoms with van der Waals surface area (Å²) < 4.78 is 5.20. The van der Waals surface area contributed by atoms with Crippen molar-refractivity contribution in [3.63, 3.8) is 0 Å². The van der Waals surface area contributed by atoms with Crippen molar-refractivity contribution < 1.29 is 4.74 Å². The van der Waals surface area contributed by atoms with E-state index in [0.29, 0.717) is 0 Å². The van der Waals surface area contributed by atoms with Crippen molar-refractivity contribution >= 4 is 29.9 Å². The zero-order valence-corrected chi connectivity index (χ0v) is 13.2. The van der Waals surface area contributed by atoms with Gasteiger partial charge in [0.15, 0.2) is 5.96 Å². The minimum Gasteiger partial charge on any atom is -0.380 e. The minimum atomic E-state index is 0. The van der Waals surface area contributed by atoms with Crippen LogP contribution in [0.15, 0.2) is 4.99 Å². The Labute approximate surface area is 116 Å². The van der Waals surface area contributed by atoms with E-state index >= 15 is 0 Å². The highest BCUT2D eigenvalue weighted by Crippen LogP contribution is 2.24. The fourth-order valence-electron chi connectivity index (χ4n) is 1.38. The van der Waals surface area contributed by atoms with Gasteiger partial charge in [-0.3, -0.25) is 4.99 Å². The first-order chi connectivity index (χ1) is 6.85. The summed E-state index contributed by atoms with van der Waals surface area (Å²) in [7, 11) is 1.79. The summed E-state index contributed by atoms with van der Waals surface area (Å²) in [6.07, 6.45) is 0. The quantitative estimate of drug-likeness (QED) is 0.456. The highest BCUT2D eigenvalue weighted by molar-refractivity contribution is 14.0. The van der Waals surface area contributed by atoms with Crippen molar-refractivity contribution in [1.82, 2.24) is 10.6 Å². The number of ether oxygens (including phenoxy) is 1. The van der Waals surface area contributed by atoms with E-state index in [1.54, 1.807) is 7.05 Å². The SMILES string of the molecule is CN=C(NCC1(C)COC1)NC(C)(C)C.I. The van der Waals surface area contributed by atoms with E-state index in [9.17, 15) is 0 Å². The van der Waals surface area contributed by atoms with Gasteiger partial charge in [-0.05, 0) is 20.8 Å². The van der Waals surface area contributed by atoms with Gasteiger partial charge in [-0.15, -0.1) is 24.0 Å². The largest absolute Gasteiger partial charge is 0.380 e. The predicted octanol–water partition coefficient (Wildman–Crippen LogP) is 1.60. The van der Waals surface area contributed by atoms with Gasteiger partial charge in [-0.2, -0.15) is 0 Å². The molecule has 96 valence electrons. The van der Waals surface area contributed by atoms with E-state index in [0.717, 1.165) is 25.7 Å². The number of halogens is 1. The lowest BCUT2D eigenvalue weighted by atomic mass is 9.89. The number of nitrogens with one attached hydrogen (secondary N) is 2. The van der Waals surface area contributed by atoms with Gasteiger partial charge in [0, 0.05) is 24.5 Å². The highest BCUT2D eigenvalue weighted by atomic mass is 127. The first-order valence-electron chi connectivity index (χ1n) is 5.41. The molecule has 4 nitrogen and oxygen atoms in total. The van der Waals surface area contributed by atoms with Gasteiger partial charge in [-0.25, -0.2) is 0 Å². The van der Waals surface area contributed by atoms with Crippen LogP contribution in [0.2, 0.25) is 0 Å². The Kier molecular flexibility index (Phi) is 6.03. The van der Waals surface area contributed by atoms with Crippen LogP contribution in [0.4, 0.5) is 0 Å². The molecule has 0 amide bonds. The van der Waals surface area contributed by atoms with E-state index in [1.165, 1.54) is 0 Å². The topological polar surface area (TPSA) is 45.7 Å². The molecule has 0 radical (unpaired) electrons. The molecule has 0 aliphatic carbocycles. The maximum Gasteiger partial charge on any atom is 0.191 e. The number of guanidine groups is 1. The molecule has 1 aliphatic rings. The van der Waals surface area contributed by atoms with Crippen LogP contribution >= 0.6 is 24.0 Å². The molecule has 0 unspecified atom stereocenters. The lowest BCUT2D eigenvalue weighted by molar-refractivity contribution is -0.0971. The summed E-state index contributed by atoms with van der Waals surface area (Å²) in [4.78, 5) is 4.19. The Morgan fingerprint density at radius 2 is 1.94 bits per heavy atom. The molecule has 1 heterocycles. The maximum atomic E-state index is 5.20. The summed E-state index contributed by atoms with van der Waals surface area (Å²) in [6.45, 7) is 11.2. The van der Waals surface area contributed by atoms with Gasteiger partial charge >= 0.3 is 0 Å². The van der Waals surface area contributed by atoms with Crippen LogP contribution < -0.4 is 10.6 Å². The van der Waals surface area contributed by atoms with Crippen LogP contribution in [0, 0.1) is 5.41 Å². The molecule has 1 fully saturated rings. The average molecular weight is 341 g/mol. The van der Waals surface area contributed by atoms with E-state index < -0.39 is 0 Å². The minimum absolute atomic E-state index is 0. The summed E-state index contributed by atoms with van der Waals surface area (Å²) in [5.74, 6) is 0.857. The van der Waals surface area contributed by atoms with Crippen LogP contribution in [0.5, 0.6) is 0 Å². The third-order valence-electron chi connectivity index (χ3n) is 2.30. The molecule has 5 heteroatoms. The maximum absolute atomic E-state index is 5.20. The smallest absolute Gasteiger partial charge is 0.191 e. The van der Waals surface area contributed by atoms with Gasteiger partial charge < -0.3 is 15.4 Å². The van der Waals surface area contributed by atoms with E-state index in [2.05, 4.69) is 43.3 Å². The van der Waals surface area contributed by atoms with Crippen LogP contribution in [0.1, 0.15) is 27.7 Å². The van der Waals surface area contributed by atoms with Crippen molar-refractivity contribution in [2.24, 2.45) is 10.4 Å². The summed E-state index contributed by atoms with van der Waals surface area (Å²) in [5.41, 5.74) is 0.314. The molecule has 1 aliphatic heterocycles.